The molecule has 0 radical (unpaired) electrons. The van der Waals surface area contributed by atoms with E-state index in [1.807, 2.05) is 30.3 Å². The van der Waals surface area contributed by atoms with Crippen molar-refractivity contribution in [2.45, 2.75) is 0 Å². The molecule has 0 aliphatic heterocycles. The van der Waals surface area contributed by atoms with Gasteiger partial charge in [-0.2, -0.15) is 5.10 Å². The number of halogens is 1. The zero-order valence-corrected chi connectivity index (χ0v) is 13.9. The Labute approximate surface area is 145 Å². The summed E-state index contributed by atoms with van der Waals surface area (Å²) in [5.74, 6) is 0.379. The van der Waals surface area contributed by atoms with Gasteiger partial charge in [-0.25, -0.2) is 9.50 Å². The molecule has 0 unspecified atom stereocenters. The third kappa shape index (κ3) is 2.48. The number of carbonyl (C=O) groups is 1. The Morgan fingerprint density at radius 1 is 1.17 bits per heavy atom. The van der Waals surface area contributed by atoms with Gasteiger partial charge in [-0.15, -0.1) is 0 Å². The van der Waals surface area contributed by atoms with Crippen LogP contribution >= 0.6 is 15.9 Å². The first kappa shape index (κ1) is 14.6. The monoisotopic (exact) mass is 382 g/mol. The van der Waals surface area contributed by atoms with E-state index in [0.29, 0.717) is 22.7 Å². The largest absolute Gasteiger partial charge is 0.463 e. The summed E-state index contributed by atoms with van der Waals surface area (Å²) in [7, 11) is 0. The van der Waals surface area contributed by atoms with Gasteiger partial charge in [0.1, 0.15) is 11.3 Å². The van der Waals surface area contributed by atoms with Crippen molar-refractivity contribution in [3.63, 3.8) is 0 Å². The van der Waals surface area contributed by atoms with Crippen molar-refractivity contribution >= 4 is 33.2 Å². The molecule has 4 rings (SSSR count). The van der Waals surface area contributed by atoms with Crippen LogP contribution in [0.4, 0.5) is 5.69 Å². The molecule has 6 nitrogen and oxygen atoms in total. The summed E-state index contributed by atoms with van der Waals surface area (Å²) in [6.45, 7) is 0. The van der Waals surface area contributed by atoms with Crippen molar-refractivity contribution in [2.75, 3.05) is 5.32 Å². The van der Waals surface area contributed by atoms with Crippen molar-refractivity contribution in [3.8, 4) is 11.5 Å². The fourth-order valence-corrected chi connectivity index (χ4v) is 2.80. The minimum Gasteiger partial charge on any atom is -0.463 e. The fourth-order valence-electron chi connectivity index (χ4n) is 2.41. The number of benzene rings is 1. The minimum atomic E-state index is -0.277. The molecule has 0 fully saturated rings. The van der Waals surface area contributed by atoms with Crippen LogP contribution in [0.1, 0.15) is 10.4 Å². The molecule has 0 saturated heterocycles. The molecule has 24 heavy (non-hydrogen) atoms. The second-order valence-corrected chi connectivity index (χ2v) is 5.89. The maximum Gasteiger partial charge on any atom is 0.261 e. The van der Waals surface area contributed by atoms with Gasteiger partial charge in [0, 0.05) is 10.7 Å². The summed E-state index contributed by atoms with van der Waals surface area (Å²) in [5.41, 5.74) is 2.27. The topological polar surface area (TPSA) is 72.4 Å². The number of nitrogens with one attached hydrogen (secondary N) is 1. The second-order valence-electron chi connectivity index (χ2n) is 5.04. The molecule has 7 heteroatoms. The fraction of sp³-hybridized carbons (Fsp3) is 0. The number of aromatic nitrogens is 3. The van der Waals surface area contributed by atoms with Crippen LogP contribution in [0.3, 0.4) is 0 Å². The number of anilines is 1. The van der Waals surface area contributed by atoms with Gasteiger partial charge in [0.25, 0.3) is 5.91 Å². The van der Waals surface area contributed by atoms with Crippen LogP contribution in [0.2, 0.25) is 0 Å². The van der Waals surface area contributed by atoms with Crippen molar-refractivity contribution in [2.24, 2.45) is 0 Å². The number of amides is 1. The molecule has 0 bridgehead atoms. The van der Waals surface area contributed by atoms with Crippen LogP contribution in [-0.2, 0) is 0 Å². The number of rotatable bonds is 3. The Bertz CT molecular complexity index is 1020. The van der Waals surface area contributed by atoms with Gasteiger partial charge in [-0.05, 0) is 46.3 Å². The molecule has 0 saturated carbocycles. The lowest BCUT2D eigenvalue weighted by molar-refractivity contribution is 0.102. The van der Waals surface area contributed by atoms with Crippen LogP contribution in [0.15, 0.2) is 70.0 Å². The Balaban J connectivity index is 1.74. The molecular formula is C17H11BrN4O2. The lowest BCUT2D eigenvalue weighted by atomic mass is 10.2. The Kier molecular flexibility index (Phi) is 3.62. The molecule has 3 heterocycles. The Hall–Kier alpha value is -2.93. The van der Waals surface area contributed by atoms with E-state index in [9.17, 15) is 4.79 Å². The quantitative estimate of drug-likeness (QED) is 0.580. The zero-order valence-electron chi connectivity index (χ0n) is 12.3. The van der Waals surface area contributed by atoms with E-state index in [1.54, 1.807) is 29.1 Å². The lowest BCUT2D eigenvalue weighted by Crippen LogP contribution is -2.12. The highest BCUT2D eigenvalue weighted by molar-refractivity contribution is 9.10. The van der Waals surface area contributed by atoms with Gasteiger partial charge in [0.15, 0.2) is 11.4 Å². The molecule has 118 valence electrons. The first-order valence-corrected chi connectivity index (χ1v) is 7.96. The first-order chi connectivity index (χ1) is 11.7. The highest BCUT2D eigenvalue weighted by atomic mass is 79.9. The van der Waals surface area contributed by atoms with Crippen molar-refractivity contribution in [1.29, 1.82) is 0 Å². The summed E-state index contributed by atoms with van der Waals surface area (Å²) >= 11 is 3.41. The number of fused-ring (bicyclic) bond motifs is 1. The Morgan fingerprint density at radius 3 is 2.83 bits per heavy atom. The highest BCUT2D eigenvalue weighted by Gasteiger charge is 2.17. The molecule has 4 aromatic rings. The van der Waals surface area contributed by atoms with E-state index >= 15 is 0 Å². The molecule has 0 spiro atoms. The maximum absolute atomic E-state index is 12.6. The number of hydrogen-bond donors (Lipinski definition) is 1. The summed E-state index contributed by atoms with van der Waals surface area (Å²) in [4.78, 5) is 16.9. The van der Waals surface area contributed by atoms with Crippen LogP contribution in [-0.4, -0.2) is 20.5 Å². The summed E-state index contributed by atoms with van der Waals surface area (Å²) in [6.07, 6.45) is 4.72. The molecule has 0 aliphatic carbocycles. The summed E-state index contributed by atoms with van der Waals surface area (Å²) in [6, 6.07) is 12.8. The molecule has 1 amide bonds. The molecule has 0 atom stereocenters. The predicted octanol–water partition coefficient (Wildman–Crippen LogP) is 4.00. The second kappa shape index (κ2) is 5.93. The van der Waals surface area contributed by atoms with Crippen LogP contribution < -0.4 is 5.32 Å². The number of furan rings is 1. The molecule has 1 N–H and O–H groups in total. The third-order valence-electron chi connectivity index (χ3n) is 3.54. The van der Waals surface area contributed by atoms with E-state index in [2.05, 4.69) is 31.3 Å². The van der Waals surface area contributed by atoms with E-state index in [0.717, 1.165) is 10.2 Å². The van der Waals surface area contributed by atoms with Crippen LogP contribution in [0, 0.1) is 0 Å². The van der Waals surface area contributed by atoms with Gasteiger partial charge in [0.05, 0.1) is 18.1 Å². The van der Waals surface area contributed by atoms with Gasteiger partial charge >= 0.3 is 0 Å². The predicted molar refractivity (Wildman–Crippen MR) is 92.8 cm³/mol. The molecule has 3 aromatic heterocycles. The average molecular weight is 383 g/mol. The van der Waals surface area contributed by atoms with E-state index in [1.165, 1.54) is 6.20 Å². The highest BCUT2D eigenvalue weighted by Crippen LogP contribution is 2.24. The van der Waals surface area contributed by atoms with Gasteiger partial charge in [-0.1, -0.05) is 12.1 Å². The van der Waals surface area contributed by atoms with Crippen molar-refractivity contribution in [1.82, 2.24) is 14.6 Å². The maximum atomic E-state index is 12.6. The standard InChI is InChI=1S/C17H11BrN4O2/c18-12-4-1-2-5-13(12)21-17(23)11-10-20-22-14(7-8-19-16(11)22)15-6-3-9-24-15/h1-10H,(H,21,23). The van der Waals surface area contributed by atoms with Crippen molar-refractivity contribution in [3.05, 3.63) is 71.2 Å². The van der Waals surface area contributed by atoms with E-state index in [-0.39, 0.29) is 5.91 Å². The number of carbonyl (C=O) groups excluding carboxylic acids is 1. The number of nitrogens with zero attached hydrogens (tertiary/aromatic N) is 3. The minimum absolute atomic E-state index is 0.277. The SMILES string of the molecule is O=C(Nc1ccccc1Br)c1cnn2c(-c3ccco3)ccnc12. The number of para-hydroxylation sites is 1. The molecule has 1 aromatic carbocycles. The van der Waals surface area contributed by atoms with E-state index < -0.39 is 0 Å². The van der Waals surface area contributed by atoms with Gasteiger partial charge in [-0.3, -0.25) is 4.79 Å². The summed E-state index contributed by atoms with van der Waals surface area (Å²) in [5, 5.41) is 7.14. The average Bonchev–Trinajstić information content (AvgIpc) is 3.26. The number of hydrogen-bond acceptors (Lipinski definition) is 4. The molecule has 0 aliphatic rings. The first-order valence-electron chi connectivity index (χ1n) is 7.16. The van der Waals surface area contributed by atoms with E-state index in [4.69, 9.17) is 4.42 Å². The normalized spacial score (nSPS) is 10.9. The molecular weight excluding hydrogens is 372 g/mol. The Morgan fingerprint density at radius 2 is 2.04 bits per heavy atom. The van der Waals surface area contributed by atoms with Gasteiger partial charge < -0.3 is 9.73 Å². The lowest BCUT2D eigenvalue weighted by Gasteiger charge is -2.06. The van der Waals surface area contributed by atoms with Crippen LogP contribution in [0.25, 0.3) is 17.1 Å². The summed E-state index contributed by atoms with van der Waals surface area (Å²) < 4.78 is 7.81. The van der Waals surface area contributed by atoms with Crippen molar-refractivity contribution < 1.29 is 9.21 Å². The van der Waals surface area contributed by atoms with Crippen LogP contribution in [0.5, 0.6) is 0 Å². The third-order valence-corrected chi connectivity index (χ3v) is 4.23. The smallest absolute Gasteiger partial charge is 0.261 e. The zero-order chi connectivity index (χ0) is 16.5. The van der Waals surface area contributed by atoms with Gasteiger partial charge in [0.2, 0.25) is 0 Å².